The molecule has 9 heteroatoms. The number of aromatic nitrogens is 4. The topological polar surface area (TPSA) is 96.0 Å². The molecule has 2 heterocycles. The number of hydrogen-bond donors (Lipinski definition) is 3. The molecule has 0 radical (unpaired) electrons. The van der Waals surface area contributed by atoms with E-state index in [9.17, 15) is 9.50 Å². The van der Waals surface area contributed by atoms with E-state index >= 15 is 0 Å². The van der Waals surface area contributed by atoms with Gasteiger partial charge in [0.25, 0.3) is 0 Å². The summed E-state index contributed by atoms with van der Waals surface area (Å²) in [5.41, 5.74) is 1.73. The highest BCUT2D eigenvalue weighted by Gasteiger charge is 2.19. The van der Waals surface area contributed by atoms with Gasteiger partial charge in [-0.25, -0.2) is 4.39 Å². The van der Waals surface area contributed by atoms with Crippen LogP contribution in [0, 0.1) is 5.82 Å². The molecule has 0 aliphatic carbocycles. The maximum atomic E-state index is 13.1. The quantitative estimate of drug-likeness (QED) is 0.433. The Morgan fingerprint density at radius 1 is 1.17 bits per heavy atom. The smallest absolute Gasteiger partial charge is 0.326 e. The number of benzene rings is 2. The molecule has 2 aromatic heterocycles. The number of anilines is 1. The minimum absolute atomic E-state index is 0.0477. The first-order valence-corrected chi connectivity index (χ1v) is 9.25. The van der Waals surface area contributed by atoms with Crippen LogP contribution in [-0.2, 0) is 0 Å². The van der Waals surface area contributed by atoms with Crippen molar-refractivity contribution in [2.45, 2.75) is 13.0 Å². The average molecular weight is 414 g/mol. The number of fused-ring (bicyclic) bond motifs is 1. The van der Waals surface area contributed by atoms with Crippen molar-refractivity contribution in [3.05, 3.63) is 59.4 Å². The first-order chi connectivity index (χ1) is 14.0. The van der Waals surface area contributed by atoms with E-state index in [1.165, 1.54) is 24.3 Å². The molecule has 1 unspecified atom stereocenters. The van der Waals surface area contributed by atoms with Crippen LogP contribution in [0.3, 0.4) is 0 Å². The normalized spacial score (nSPS) is 12.1. The number of H-pyrrole nitrogens is 1. The van der Waals surface area contributed by atoms with Crippen molar-refractivity contribution in [2.75, 3.05) is 11.9 Å². The van der Waals surface area contributed by atoms with Gasteiger partial charge in [-0.05, 0) is 37.3 Å². The molecule has 4 aromatic rings. The van der Waals surface area contributed by atoms with Crippen molar-refractivity contribution in [3.63, 3.8) is 0 Å². The lowest BCUT2D eigenvalue weighted by molar-refractivity contribution is 0.208. The van der Waals surface area contributed by atoms with Gasteiger partial charge in [-0.15, -0.1) is 0 Å². The Bertz CT molecular complexity index is 1150. The number of ether oxygens (including phenoxy) is 1. The number of nitrogens with one attached hydrogen (secondary N) is 2. The molecule has 29 heavy (non-hydrogen) atoms. The highest BCUT2D eigenvalue weighted by Crippen LogP contribution is 2.35. The van der Waals surface area contributed by atoms with E-state index in [0.29, 0.717) is 33.3 Å². The van der Waals surface area contributed by atoms with E-state index in [2.05, 4.69) is 25.5 Å². The van der Waals surface area contributed by atoms with Crippen molar-refractivity contribution in [1.82, 2.24) is 20.2 Å². The fourth-order valence-corrected chi connectivity index (χ4v) is 3.01. The Kier molecular flexibility index (Phi) is 5.28. The van der Waals surface area contributed by atoms with Gasteiger partial charge < -0.3 is 15.2 Å². The standard InChI is InChI=1S/C20H17ClFN5O2/c1-11(28)10-23-18-16-17(14-4-2-3-5-15(14)21)26-27-19(16)25-20(24-18)29-13-8-6-12(22)7-9-13/h2-9,11,28H,10H2,1H3,(H2,23,24,25,26,27). The predicted molar refractivity (Wildman–Crippen MR) is 109 cm³/mol. The monoisotopic (exact) mass is 413 g/mol. The van der Waals surface area contributed by atoms with Crippen LogP contribution >= 0.6 is 11.6 Å². The van der Waals surface area contributed by atoms with Crippen molar-refractivity contribution in [2.24, 2.45) is 0 Å². The summed E-state index contributed by atoms with van der Waals surface area (Å²) in [7, 11) is 0. The van der Waals surface area contributed by atoms with E-state index in [-0.39, 0.29) is 18.4 Å². The summed E-state index contributed by atoms with van der Waals surface area (Å²) in [4.78, 5) is 8.79. The molecule has 0 aliphatic heterocycles. The zero-order chi connectivity index (χ0) is 20.4. The zero-order valence-electron chi connectivity index (χ0n) is 15.4. The predicted octanol–water partition coefficient (Wildman–Crippen LogP) is 4.40. The highest BCUT2D eigenvalue weighted by atomic mass is 35.5. The number of halogens is 2. The molecule has 0 aliphatic rings. The summed E-state index contributed by atoms with van der Waals surface area (Å²) in [6, 6.07) is 12.9. The molecular formula is C20H17ClFN5O2. The molecule has 0 bridgehead atoms. The van der Waals surface area contributed by atoms with Crippen molar-refractivity contribution < 1.29 is 14.2 Å². The third-order valence-electron chi connectivity index (χ3n) is 4.12. The van der Waals surface area contributed by atoms with Crippen molar-refractivity contribution in [3.8, 4) is 23.0 Å². The SMILES string of the molecule is CC(O)CNc1nc(Oc2ccc(F)cc2)nc2[nH]nc(-c3ccccc3Cl)c12. The van der Waals surface area contributed by atoms with E-state index in [1.54, 1.807) is 13.0 Å². The number of aliphatic hydroxyl groups is 1. The van der Waals surface area contributed by atoms with Crippen molar-refractivity contribution >= 4 is 28.5 Å². The maximum absolute atomic E-state index is 13.1. The highest BCUT2D eigenvalue weighted by molar-refractivity contribution is 6.33. The fourth-order valence-electron chi connectivity index (χ4n) is 2.78. The first-order valence-electron chi connectivity index (χ1n) is 8.87. The van der Waals surface area contributed by atoms with Gasteiger partial charge in [0.15, 0.2) is 5.65 Å². The minimum Gasteiger partial charge on any atom is -0.424 e. The largest absolute Gasteiger partial charge is 0.424 e. The summed E-state index contributed by atoms with van der Waals surface area (Å²) in [6.45, 7) is 1.92. The van der Waals surface area contributed by atoms with E-state index in [1.807, 2.05) is 18.2 Å². The lowest BCUT2D eigenvalue weighted by Crippen LogP contribution is -2.16. The lowest BCUT2D eigenvalue weighted by Gasteiger charge is -2.11. The molecule has 0 spiro atoms. The van der Waals surface area contributed by atoms with E-state index < -0.39 is 6.10 Å². The Balaban J connectivity index is 1.80. The Morgan fingerprint density at radius 2 is 1.93 bits per heavy atom. The third kappa shape index (κ3) is 4.13. The van der Waals surface area contributed by atoms with Gasteiger partial charge in [0.2, 0.25) is 0 Å². The minimum atomic E-state index is -0.600. The van der Waals surface area contributed by atoms with Gasteiger partial charge in [0, 0.05) is 12.1 Å². The molecule has 0 fully saturated rings. The summed E-state index contributed by atoms with van der Waals surface area (Å²) >= 11 is 6.34. The third-order valence-corrected chi connectivity index (χ3v) is 4.45. The molecular weight excluding hydrogens is 397 g/mol. The van der Waals surface area contributed by atoms with Crippen LogP contribution in [0.2, 0.25) is 5.02 Å². The number of aromatic amines is 1. The van der Waals surface area contributed by atoms with Gasteiger partial charge in [0.05, 0.1) is 16.5 Å². The molecule has 0 saturated heterocycles. The van der Waals surface area contributed by atoms with Gasteiger partial charge in [0.1, 0.15) is 23.1 Å². The molecule has 0 saturated carbocycles. The van der Waals surface area contributed by atoms with E-state index in [0.717, 1.165) is 5.56 Å². The van der Waals surface area contributed by atoms with Gasteiger partial charge in [-0.2, -0.15) is 15.1 Å². The van der Waals surface area contributed by atoms with Crippen LogP contribution in [0.4, 0.5) is 10.2 Å². The Hall–Kier alpha value is -3.23. The van der Waals surface area contributed by atoms with Gasteiger partial charge in [-0.3, -0.25) is 5.10 Å². The zero-order valence-corrected chi connectivity index (χ0v) is 16.1. The second-order valence-electron chi connectivity index (χ2n) is 6.42. The Labute approximate surface area is 170 Å². The summed E-state index contributed by atoms with van der Waals surface area (Å²) < 4.78 is 18.8. The number of rotatable bonds is 6. The number of hydrogen-bond acceptors (Lipinski definition) is 6. The lowest BCUT2D eigenvalue weighted by atomic mass is 10.1. The van der Waals surface area contributed by atoms with Gasteiger partial charge >= 0.3 is 6.01 Å². The fraction of sp³-hybridized carbons (Fsp3) is 0.150. The average Bonchev–Trinajstić information content (AvgIpc) is 3.12. The first kappa shape index (κ1) is 19.1. The summed E-state index contributed by atoms with van der Waals surface area (Å²) in [5.74, 6) is 0.445. The molecule has 1 atom stereocenters. The molecule has 7 nitrogen and oxygen atoms in total. The van der Waals surface area contributed by atoms with Crippen LogP contribution in [0.15, 0.2) is 48.5 Å². The van der Waals surface area contributed by atoms with Crippen LogP contribution in [0.5, 0.6) is 11.8 Å². The summed E-state index contributed by atoms with van der Waals surface area (Å²) in [6.07, 6.45) is -0.600. The second-order valence-corrected chi connectivity index (χ2v) is 6.82. The molecule has 0 amide bonds. The second kappa shape index (κ2) is 8.02. The van der Waals surface area contributed by atoms with Crippen LogP contribution in [0.25, 0.3) is 22.3 Å². The number of nitrogens with zero attached hydrogens (tertiary/aromatic N) is 3. The van der Waals surface area contributed by atoms with Gasteiger partial charge in [-0.1, -0.05) is 29.8 Å². The van der Waals surface area contributed by atoms with Crippen LogP contribution in [-0.4, -0.2) is 37.9 Å². The Morgan fingerprint density at radius 3 is 2.66 bits per heavy atom. The van der Waals surface area contributed by atoms with Crippen LogP contribution < -0.4 is 10.1 Å². The molecule has 148 valence electrons. The van der Waals surface area contributed by atoms with Crippen LogP contribution in [0.1, 0.15) is 6.92 Å². The van der Waals surface area contributed by atoms with E-state index in [4.69, 9.17) is 16.3 Å². The number of aliphatic hydroxyl groups excluding tert-OH is 1. The van der Waals surface area contributed by atoms with Crippen molar-refractivity contribution in [1.29, 1.82) is 0 Å². The molecule has 3 N–H and O–H groups in total. The summed E-state index contributed by atoms with van der Waals surface area (Å²) in [5, 5.41) is 21.2. The maximum Gasteiger partial charge on any atom is 0.326 e. The molecule has 2 aromatic carbocycles. The molecule has 4 rings (SSSR count).